The molecule has 1 aliphatic heterocycles. The number of amides is 1. The zero-order chi connectivity index (χ0) is 31.4. The van der Waals surface area contributed by atoms with Crippen molar-refractivity contribution < 1.29 is 22.5 Å². The lowest BCUT2D eigenvalue weighted by atomic mass is 9.98. The number of halogens is 2. The van der Waals surface area contributed by atoms with Gasteiger partial charge in [-0.1, -0.05) is 12.1 Å². The van der Waals surface area contributed by atoms with Crippen LogP contribution in [0, 0.1) is 11.6 Å². The lowest BCUT2D eigenvalue weighted by Gasteiger charge is -2.22. The van der Waals surface area contributed by atoms with E-state index in [9.17, 15) is 18.1 Å². The second-order valence-corrected chi connectivity index (χ2v) is 12.6. The summed E-state index contributed by atoms with van der Waals surface area (Å²) in [6.07, 6.45) is 4.34. The standard InChI is InChI=1S/C35H30F2N4O3S/c1-38-35(42)32-25-17-24(29(40(2)45(3)43)19-31(25)44-34(32)21-10-13-22(36)14-11-21)27-15-12-20-7-4-5-16-41-28-9-6-8-26(37)23(28)18-30(41)33(20)39-27/h6,8-15,17-19H,4-5,7,16H2,1-3H3,(H,38,42). The predicted molar refractivity (Wildman–Crippen MR) is 175 cm³/mol. The normalized spacial score (nSPS) is 13.6. The van der Waals surface area contributed by atoms with Gasteiger partial charge >= 0.3 is 0 Å². The van der Waals surface area contributed by atoms with Crippen molar-refractivity contribution in [1.29, 1.82) is 0 Å². The third-order valence-corrected chi connectivity index (χ3v) is 9.53. The van der Waals surface area contributed by atoms with Crippen LogP contribution >= 0.6 is 0 Å². The zero-order valence-corrected chi connectivity index (χ0v) is 25.8. The Kier molecular flexibility index (Phi) is 7.33. The molecule has 4 heterocycles. The van der Waals surface area contributed by atoms with E-state index in [-0.39, 0.29) is 11.7 Å². The Morgan fingerprint density at radius 2 is 1.84 bits per heavy atom. The first-order valence-corrected chi connectivity index (χ1v) is 16.2. The third-order valence-electron chi connectivity index (χ3n) is 8.56. The Balaban J connectivity index is 1.49. The Morgan fingerprint density at radius 3 is 2.60 bits per heavy atom. The summed E-state index contributed by atoms with van der Waals surface area (Å²) in [6.45, 7) is 0.749. The number of hydrogen-bond acceptors (Lipinski definition) is 5. The molecule has 0 aliphatic carbocycles. The van der Waals surface area contributed by atoms with Gasteiger partial charge in [-0.2, -0.15) is 4.31 Å². The van der Waals surface area contributed by atoms with Crippen LogP contribution in [0.25, 0.3) is 55.8 Å². The SMILES string of the molecule is CNC(=O)c1c(-c2ccc(F)cc2)oc2cc(N(C)[S+](C)[O-])c(-c3ccc4c(n3)-c3cc5c(F)cccc5n3CCCC4)cc12. The van der Waals surface area contributed by atoms with Crippen LogP contribution in [0.4, 0.5) is 14.5 Å². The van der Waals surface area contributed by atoms with Gasteiger partial charge in [0.05, 0.1) is 52.3 Å². The van der Waals surface area contributed by atoms with Crippen LogP contribution in [0.1, 0.15) is 28.8 Å². The van der Waals surface area contributed by atoms with Crippen molar-refractivity contribution in [2.24, 2.45) is 0 Å². The van der Waals surface area contributed by atoms with Gasteiger partial charge in [-0.3, -0.25) is 4.79 Å². The molecule has 0 fully saturated rings. The molecule has 1 aliphatic rings. The quantitative estimate of drug-likeness (QED) is 0.201. The monoisotopic (exact) mass is 624 g/mol. The van der Waals surface area contributed by atoms with Gasteiger partial charge in [0, 0.05) is 41.6 Å². The molecular formula is C35H30F2N4O3S. The van der Waals surface area contributed by atoms with Crippen LogP contribution in [0.5, 0.6) is 0 Å². The van der Waals surface area contributed by atoms with Crippen molar-refractivity contribution in [3.05, 3.63) is 95.6 Å². The van der Waals surface area contributed by atoms with Crippen molar-refractivity contribution in [3.63, 3.8) is 0 Å². The number of nitrogens with zero attached hydrogens (tertiary/aromatic N) is 3. The topological polar surface area (TPSA) is 86.4 Å². The van der Waals surface area contributed by atoms with Crippen LogP contribution in [0.3, 0.4) is 0 Å². The molecule has 1 amide bonds. The maximum absolute atomic E-state index is 14.9. The van der Waals surface area contributed by atoms with Crippen LogP contribution < -0.4 is 9.62 Å². The summed E-state index contributed by atoms with van der Waals surface area (Å²) in [5.74, 6) is -0.745. The van der Waals surface area contributed by atoms with Crippen LogP contribution in [0.2, 0.25) is 0 Å². The number of carbonyl (C=O) groups is 1. The van der Waals surface area contributed by atoms with Gasteiger partial charge in [-0.05, 0) is 79.4 Å². The van der Waals surface area contributed by atoms with Gasteiger partial charge in [0.15, 0.2) is 0 Å². The number of rotatable bonds is 5. The number of aromatic nitrogens is 2. The number of hydrogen-bond donors (Lipinski definition) is 1. The van der Waals surface area contributed by atoms with Gasteiger partial charge in [0.1, 0.15) is 29.2 Å². The molecule has 7 nitrogen and oxygen atoms in total. The number of furan rings is 1. The van der Waals surface area contributed by atoms with Crippen molar-refractivity contribution in [2.45, 2.75) is 25.8 Å². The Hall–Kier alpha value is -4.67. The number of fused-ring (bicyclic) bond motifs is 6. The van der Waals surface area contributed by atoms with E-state index >= 15 is 0 Å². The Morgan fingerprint density at radius 1 is 1.04 bits per heavy atom. The van der Waals surface area contributed by atoms with Crippen molar-refractivity contribution in [1.82, 2.24) is 14.9 Å². The van der Waals surface area contributed by atoms with Crippen molar-refractivity contribution in [3.8, 4) is 34.0 Å². The molecule has 45 heavy (non-hydrogen) atoms. The average Bonchev–Trinajstić information content (AvgIpc) is 3.59. The van der Waals surface area contributed by atoms with Crippen molar-refractivity contribution >= 4 is 44.8 Å². The van der Waals surface area contributed by atoms with Crippen LogP contribution in [0.15, 0.2) is 77.2 Å². The molecule has 1 N–H and O–H groups in total. The fraction of sp³-hybridized carbons (Fsp3) is 0.200. The van der Waals surface area contributed by atoms with Crippen LogP contribution in [-0.4, -0.2) is 40.4 Å². The summed E-state index contributed by atoms with van der Waals surface area (Å²) >= 11 is -1.40. The Labute approximate surface area is 261 Å². The predicted octanol–water partition coefficient (Wildman–Crippen LogP) is 7.49. The molecule has 10 heteroatoms. The summed E-state index contributed by atoms with van der Waals surface area (Å²) in [7, 11) is 3.26. The molecule has 0 radical (unpaired) electrons. The van der Waals surface area contributed by atoms with Gasteiger partial charge in [0.2, 0.25) is 0 Å². The van der Waals surface area contributed by atoms with Crippen LogP contribution in [-0.2, 0) is 24.3 Å². The van der Waals surface area contributed by atoms with Gasteiger partial charge in [-0.25, -0.2) is 13.8 Å². The maximum atomic E-state index is 14.9. The Bertz CT molecular complexity index is 2100. The molecule has 1 unspecified atom stereocenters. The summed E-state index contributed by atoms with van der Waals surface area (Å²) < 4.78 is 51.5. The molecule has 6 aromatic rings. The lowest BCUT2D eigenvalue weighted by Crippen LogP contribution is -2.25. The summed E-state index contributed by atoms with van der Waals surface area (Å²) in [5, 5.41) is 3.78. The zero-order valence-electron chi connectivity index (χ0n) is 25.0. The summed E-state index contributed by atoms with van der Waals surface area (Å²) in [4.78, 5) is 18.5. The number of pyridine rings is 1. The minimum atomic E-state index is -1.40. The molecule has 7 rings (SSSR count). The molecule has 0 bridgehead atoms. The fourth-order valence-corrected chi connectivity index (χ4v) is 6.65. The first-order valence-electron chi connectivity index (χ1n) is 14.7. The van der Waals surface area contributed by atoms with E-state index in [2.05, 4.69) is 16.0 Å². The van der Waals surface area contributed by atoms with E-state index in [0.717, 1.165) is 48.3 Å². The highest BCUT2D eigenvalue weighted by atomic mass is 32.2. The highest BCUT2D eigenvalue weighted by Gasteiger charge is 2.27. The van der Waals surface area contributed by atoms with E-state index in [1.54, 1.807) is 41.9 Å². The van der Waals surface area contributed by atoms with E-state index in [4.69, 9.17) is 9.40 Å². The van der Waals surface area contributed by atoms with E-state index in [0.29, 0.717) is 50.2 Å². The molecule has 0 spiro atoms. The molecule has 1 atom stereocenters. The van der Waals surface area contributed by atoms with Gasteiger partial charge in [0.25, 0.3) is 5.91 Å². The number of anilines is 1. The lowest BCUT2D eigenvalue weighted by molar-refractivity contribution is 0.0964. The molecule has 3 aromatic heterocycles. The second-order valence-electron chi connectivity index (χ2n) is 11.2. The van der Waals surface area contributed by atoms with E-state index < -0.39 is 17.2 Å². The fourth-order valence-electron chi connectivity index (χ4n) is 6.22. The molecule has 3 aromatic carbocycles. The number of benzene rings is 3. The number of aryl methyl sites for hydroxylation is 2. The number of nitrogens with one attached hydrogen (secondary N) is 1. The minimum absolute atomic E-state index is 0.275. The average molecular weight is 625 g/mol. The summed E-state index contributed by atoms with van der Waals surface area (Å²) in [5.41, 5.74) is 6.59. The van der Waals surface area contributed by atoms with Crippen molar-refractivity contribution in [2.75, 3.05) is 24.7 Å². The van der Waals surface area contributed by atoms with Gasteiger partial charge < -0.3 is 18.9 Å². The second kappa shape index (κ2) is 11.4. The third kappa shape index (κ3) is 4.94. The molecule has 228 valence electrons. The molecule has 0 saturated carbocycles. The van der Waals surface area contributed by atoms with E-state index in [1.165, 1.54) is 25.2 Å². The van der Waals surface area contributed by atoms with E-state index in [1.807, 2.05) is 24.3 Å². The maximum Gasteiger partial charge on any atom is 0.255 e. The van der Waals surface area contributed by atoms with Gasteiger partial charge in [-0.15, -0.1) is 0 Å². The molecular weight excluding hydrogens is 594 g/mol. The highest BCUT2D eigenvalue weighted by Crippen LogP contribution is 2.42. The minimum Gasteiger partial charge on any atom is -0.593 e. The molecule has 0 saturated heterocycles. The first-order chi connectivity index (χ1) is 21.7. The summed E-state index contributed by atoms with van der Waals surface area (Å²) in [6, 6.07) is 20.3. The highest BCUT2D eigenvalue weighted by molar-refractivity contribution is 7.92. The number of carbonyl (C=O) groups excluding carboxylic acids is 1. The smallest absolute Gasteiger partial charge is 0.255 e. The largest absolute Gasteiger partial charge is 0.593 e. The first kappa shape index (κ1) is 29.1.